The lowest BCUT2D eigenvalue weighted by Crippen LogP contribution is -2.36. The summed E-state index contributed by atoms with van der Waals surface area (Å²) in [5.41, 5.74) is 3.78. The minimum atomic E-state index is -3.17. The van der Waals surface area contributed by atoms with E-state index in [9.17, 15) is 13.5 Å². The van der Waals surface area contributed by atoms with Crippen LogP contribution in [0.2, 0.25) is 0 Å². The number of aliphatic hydroxyl groups is 1. The molecule has 1 heterocycles. The third kappa shape index (κ3) is 4.43. The molecule has 4 rings (SSSR count). The SMILES string of the molecule is CC(C)[C@@H](C)/C=C/[C@@H](C)[C@H]1CC[C@H]2/C(=C\[C@H]3C4=C(CC[C@H](O)C4)CS3(=O)=O)CCC[C@]12C. The van der Waals surface area contributed by atoms with Crippen LogP contribution in [0.25, 0.3) is 0 Å². The molecule has 1 aliphatic heterocycles. The average molecular weight is 461 g/mol. The van der Waals surface area contributed by atoms with Gasteiger partial charge in [-0.2, -0.15) is 0 Å². The van der Waals surface area contributed by atoms with Gasteiger partial charge in [0.1, 0.15) is 5.25 Å². The first-order valence-electron chi connectivity index (χ1n) is 13.0. The molecule has 180 valence electrons. The molecular formula is C28H44O3S. The van der Waals surface area contributed by atoms with Gasteiger partial charge in [-0.05, 0) is 91.9 Å². The summed E-state index contributed by atoms with van der Waals surface area (Å²) in [5, 5.41) is 9.73. The van der Waals surface area contributed by atoms with Crippen LogP contribution in [0.1, 0.15) is 86.0 Å². The molecule has 2 saturated carbocycles. The number of hydrogen-bond acceptors (Lipinski definition) is 3. The molecule has 7 atom stereocenters. The number of rotatable bonds is 5. The summed E-state index contributed by atoms with van der Waals surface area (Å²) in [6.07, 6.45) is 14.5. The molecule has 0 saturated heterocycles. The summed E-state index contributed by atoms with van der Waals surface area (Å²) < 4.78 is 26.2. The van der Waals surface area contributed by atoms with Gasteiger partial charge in [-0.3, -0.25) is 0 Å². The van der Waals surface area contributed by atoms with Crippen LogP contribution in [0.15, 0.2) is 34.9 Å². The summed E-state index contributed by atoms with van der Waals surface area (Å²) in [4.78, 5) is 0. The summed E-state index contributed by atoms with van der Waals surface area (Å²) in [5.74, 6) is 3.21. The van der Waals surface area contributed by atoms with Crippen molar-refractivity contribution in [2.24, 2.45) is 35.0 Å². The number of sulfone groups is 1. The predicted octanol–water partition coefficient (Wildman–Crippen LogP) is 6.25. The smallest absolute Gasteiger partial charge is 0.164 e. The van der Waals surface area contributed by atoms with Crippen molar-refractivity contribution in [3.8, 4) is 0 Å². The Labute approximate surface area is 196 Å². The van der Waals surface area contributed by atoms with Gasteiger partial charge in [0.2, 0.25) is 0 Å². The maximum atomic E-state index is 13.1. The summed E-state index contributed by atoms with van der Waals surface area (Å²) in [6.45, 7) is 11.8. The maximum Gasteiger partial charge on any atom is 0.164 e. The van der Waals surface area contributed by atoms with Gasteiger partial charge < -0.3 is 5.11 Å². The Balaban J connectivity index is 1.58. The van der Waals surface area contributed by atoms with Crippen molar-refractivity contribution in [1.29, 1.82) is 0 Å². The Morgan fingerprint density at radius 3 is 2.53 bits per heavy atom. The molecule has 0 radical (unpaired) electrons. The third-order valence-electron chi connectivity index (χ3n) is 9.60. The molecular weight excluding hydrogens is 416 g/mol. The van der Waals surface area contributed by atoms with Gasteiger partial charge in [0.25, 0.3) is 0 Å². The van der Waals surface area contributed by atoms with Crippen LogP contribution in [0.5, 0.6) is 0 Å². The summed E-state index contributed by atoms with van der Waals surface area (Å²) in [7, 11) is -3.17. The Morgan fingerprint density at radius 2 is 1.81 bits per heavy atom. The highest BCUT2D eigenvalue weighted by atomic mass is 32.2. The minimum absolute atomic E-state index is 0.212. The maximum absolute atomic E-state index is 13.1. The number of allylic oxidation sites excluding steroid dienone is 3. The van der Waals surface area contributed by atoms with E-state index in [1.54, 1.807) is 0 Å². The van der Waals surface area contributed by atoms with Crippen LogP contribution in [-0.2, 0) is 9.84 Å². The molecule has 0 aromatic rings. The van der Waals surface area contributed by atoms with Gasteiger partial charge in [-0.25, -0.2) is 8.42 Å². The van der Waals surface area contributed by atoms with Gasteiger partial charge in [0.15, 0.2) is 9.84 Å². The average Bonchev–Trinajstić information content (AvgIpc) is 3.20. The van der Waals surface area contributed by atoms with Crippen LogP contribution >= 0.6 is 0 Å². The summed E-state index contributed by atoms with van der Waals surface area (Å²) in [6, 6.07) is 0. The van der Waals surface area contributed by atoms with Gasteiger partial charge in [-0.15, -0.1) is 0 Å². The minimum Gasteiger partial charge on any atom is -0.393 e. The van der Waals surface area contributed by atoms with E-state index >= 15 is 0 Å². The van der Waals surface area contributed by atoms with E-state index in [1.165, 1.54) is 24.8 Å². The largest absolute Gasteiger partial charge is 0.393 e. The molecule has 0 amide bonds. The lowest BCUT2D eigenvalue weighted by Gasteiger charge is -2.44. The fraction of sp³-hybridized carbons (Fsp3) is 0.786. The van der Waals surface area contributed by atoms with Crippen LogP contribution in [0.4, 0.5) is 0 Å². The first-order chi connectivity index (χ1) is 15.0. The van der Waals surface area contributed by atoms with Gasteiger partial charge in [-0.1, -0.05) is 64.0 Å². The molecule has 4 aliphatic rings. The first-order valence-corrected chi connectivity index (χ1v) is 14.7. The first kappa shape index (κ1) is 24.3. The van der Waals surface area contributed by atoms with Crippen LogP contribution in [0.3, 0.4) is 0 Å². The second-order valence-electron chi connectivity index (χ2n) is 11.9. The van der Waals surface area contributed by atoms with E-state index in [-0.39, 0.29) is 17.3 Å². The van der Waals surface area contributed by atoms with Crippen molar-refractivity contribution in [3.05, 3.63) is 34.9 Å². The molecule has 0 spiro atoms. The zero-order chi connectivity index (χ0) is 23.3. The van der Waals surface area contributed by atoms with Crippen LogP contribution < -0.4 is 0 Å². The predicted molar refractivity (Wildman–Crippen MR) is 133 cm³/mol. The zero-order valence-electron chi connectivity index (χ0n) is 20.8. The fourth-order valence-electron chi connectivity index (χ4n) is 7.28. The highest BCUT2D eigenvalue weighted by Crippen LogP contribution is 2.60. The van der Waals surface area contributed by atoms with Gasteiger partial charge >= 0.3 is 0 Å². The second kappa shape index (κ2) is 9.06. The van der Waals surface area contributed by atoms with E-state index in [2.05, 4.69) is 52.8 Å². The molecule has 2 fully saturated rings. The third-order valence-corrected chi connectivity index (χ3v) is 11.5. The number of fused-ring (bicyclic) bond motifs is 1. The topological polar surface area (TPSA) is 54.4 Å². The van der Waals surface area contributed by atoms with Crippen molar-refractivity contribution in [3.63, 3.8) is 0 Å². The Hall–Kier alpha value is -0.870. The van der Waals surface area contributed by atoms with E-state index < -0.39 is 15.1 Å². The van der Waals surface area contributed by atoms with Gasteiger partial charge in [0, 0.05) is 0 Å². The Kier molecular flexibility index (Phi) is 6.87. The molecule has 3 aliphatic carbocycles. The van der Waals surface area contributed by atoms with Crippen LogP contribution in [0, 0.1) is 35.0 Å². The van der Waals surface area contributed by atoms with E-state index in [0.717, 1.165) is 30.4 Å². The molecule has 0 unspecified atom stereocenters. The highest BCUT2D eigenvalue weighted by Gasteiger charge is 2.51. The Bertz CT molecular complexity index is 909. The number of hydrogen-bond donors (Lipinski definition) is 1. The van der Waals surface area contributed by atoms with Gasteiger partial charge in [0.05, 0.1) is 11.9 Å². The standard InChI is InChI=1S/C28H44O3S/c1-18(2)19(3)8-9-20(4)25-12-13-26-21(7-6-14-28(25,26)5)15-27-24-16-23(29)11-10-22(24)17-32(27,30)31/h8-9,15,18-20,23,25-27,29H,6-7,10-14,16-17H2,1-5H3/b9-8+,21-15-/t19-,20+,23-,25+,26-,27-,28+/m0/s1. The summed E-state index contributed by atoms with van der Waals surface area (Å²) >= 11 is 0. The molecule has 1 N–H and O–H groups in total. The fourth-order valence-corrected chi connectivity index (χ4v) is 9.36. The quantitative estimate of drug-likeness (QED) is 0.493. The van der Waals surface area contributed by atoms with Crippen molar-refractivity contribution in [1.82, 2.24) is 0 Å². The van der Waals surface area contributed by atoms with Crippen molar-refractivity contribution in [2.45, 2.75) is 97.3 Å². The van der Waals surface area contributed by atoms with E-state index in [1.807, 2.05) is 0 Å². The van der Waals surface area contributed by atoms with Crippen molar-refractivity contribution in [2.75, 3.05) is 5.75 Å². The molecule has 32 heavy (non-hydrogen) atoms. The Morgan fingerprint density at radius 1 is 1.06 bits per heavy atom. The number of aliphatic hydroxyl groups excluding tert-OH is 1. The lowest BCUT2D eigenvalue weighted by molar-refractivity contribution is 0.111. The highest BCUT2D eigenvalue weighted by molar-refractivity contribution is 7.92. The zero-order valence-corrected chi connectivity index (χ0v) is 21.6. The monoisotopic (exact) mass is 460 g/mol. The molecule has 4 heteroatoms. The van der Waals surface area contributed by atoms with Crippen molar-refractivity contribution >= 4 is 9.84 Å². The molecule has 0 aromatic heterocycles. The molecule has 0 bridgehead atoms. The van der Waals surface area contributed by atoms with Crippen molar-refractivity contribution < 1.29 is 13.5 Å². The normalized spacial score (nSPS) is 40.2. The van der Waals surface area contributed by atoms with Crippen LogP contribution in [-0.4, -0.2) is 30.6 Å². The molecule has 3 nitrogen and oxygen atoms in total. The second-order valence-corrected chi connectivity index (χ2v) is 14.1. The van der Waals surface area contributed by atoms with E-state index in [4.69, 9.17) is 0 Å². The lowest BCUT2D eigenvalue weighted by atomic mass is 9.61. The molecule has 0 aromatic carbocycles. The van der Waals surface area contributed by atoms with E-state index in [0.29, 0.717) is 42.4 Å².